The van der Waals surface area contributed by atoms with Gasteiger partial charge in [0.25, 0.3) is 0 Å². The van der Waals surface area contributed by atoms with Gasteiger partial charge in [0.1, 0.15) is 11.2 Å². The molecule has 2 aromatic heterocycles. The van der Waals surface area contributed by atoms with Gasteiger partial charge in [-0.2, -0.15) is 0 Å². The molecule has 5 heteroatoms. The lowest BCUT2D eigenvalue weighted by molar-refractivity contribution is -0.0893. The number of hydrogen-bond donors (Lipinski definition) is 1. The van der Waals surface area contributed by atoms with Gasteiger partial charge in [0.2, 0.25) is 0 Å². The average Bonchev–Trinajstić information content (AvgIpc) is 3.37. The highest BCUT2D eigenvalue weighted by Gasteiger charge is 2.36. The van der Waals surface area contributed by atoms with Gasteiger partial charge < -0.3 is 18.7 Å². The molecule has 1 radical (unpaired) electrons. The van der Waals surface area contributed by atoms with E-state index in [2.05, 4.69) is 71.3 Å². The summed E-state index contributed by atoms with van der Waals surface area (Å²) in [6, 6.07) is 29.3. The molecule has 0 amide bonds. The average molecular weight is 460 g/mol. The third-order valence-corrected chi connectivity index (χ3v) is 7.31. The standard InChI is InChI=1S/C30H27BNO3/c1-29(2,33)30(3,4)35-31-23-12-9-15-26-28(23)22-17-16-19(18-27(22)34-26)32-24-13-7-5-10-20(24)21-11-6-8-14-25(21)32/h5-18,33H,1-4H3. The molecular weight excluding hydrogens is 433 g/mol. The number of nitrogens with zero attached hydrogens (tertiary/aromatic N) is 1. The lowest BCUT2D eigenvalue weighted by atomic mass is 9.80. The summed E-state index contributed by atoms with van der Waals surface area (Å²) < 4.78 is 14.7. The highest BCUT2D eigenvalue weighted by molar-refractivity contribution is 6.52. The smallest absolute Gasteiger partial charge is 0.331 e. The fraction of sp³-hybridized carbons (Fsp3) is 0.200. The van der Waals surface area contributed by atoms with Crippen molar-refractivity contribution in [3.63, 3.8) is 0 Å². The van der Waals surface area contributed by atoms with Crippen molar-refractivity contribution < 1.29 is 14.2 Å². The Kier molecular flexibility index (Phi) is 4.86. The molecule has 2 heterocycles. The second-order valence-electron chi connectivity index (χ2n) is 10.2. The van der Waals surface area contributed by atoms with E-state index in [0.29, 0.717) is 0 Å². The number of para-hydroxylation sites is 2. The van der Waals surface area contributed by atoms with Crippen molar-refractivity contribution in [2.24, 2.45) is 0 Å². The van der Waals surface area contributed by atoms with Crippen molar-refractivity contribution in [3.8, 4) is 5.69 Å². The molecular formula is C30H27BNO3. The Morgan fingerprint density at radius 2 is 1.40 bits per heavy atom. The van der Waals surface area contributed by atoms with Crippen LogP contribution in [0.4, 0.5) is 0 Å². The van der Waals surface area contributed by atoms with E-state index >= 15 is 0 Å². The van der Waals surface area contributed by atoms with Crippen LogP contribution in [0.5, 0.6) is 0 Å². The summed E-state index contributed by atoms with van der Waals surface area (Å²) in [5, 5.41) is 15.0. The Bertz CT molecular complexity index is 1670. The van der Waals surface area contributed by atoms with Crippen LogP contribution in [-0.4, -0.2) is 28.4 Å². The van der Waals surface area contributed by atoms with E-state index in [1.54, 1.807) is 21.3 Å². The predicted molar refractivity (Wildman–Crippen MR) is 145 cm³/mol. The van der Waals surface area contributed by atoms with Crippen LogP contribution in [0.1, 0.15) is 27.7 Å². The topological polar surface area (TPSA) is 47.5 Å². The Morgan fingerprint density at radius 1 is 0.743 bits per heavy atom. The van der Waals surface area contributed by atoms with Crippen LogP contribution < -0.4 is 5.46 Å². The van der Waals surface area contributed by atoms with Crippen LogP contribution in [-0.2, 0) is 4.65 Å². The van der Waals surface area contributed by atoms with Gasteiger partial charge in [0, 0.05) is 33.3 Å². The fourth-order valence-corrected chi connectivity index (χ4v) is 4.63. The number of furan rings is 1. The molecule has 4 nitrogen and oxygen atoms in total. The highest BCUT2D eigenvalue weighted by atomic mass is 16.5. The molecule has 0 bridgehead atoms. The molecule has 35 heavy (non-hydrogen) atoms. The first-order valence-corrected chi connectivity index (χ1v) is 11.9. The summed E-state index contributed by atoms with van der Waals surface area (Å²) in [5.41, 5.74) is 4.19. The largest absolute Gasteiger partial charge is 0.456 e. The van der Waals surface area contributed by atoms with E-state index in [9.17, 15) is 5.11 Å². The van der Waals surface area contributed by atoms with Crippen molar-refractivity contribution in [1.29, 1.82) is 0 Å². The highest BCUT2D eigenvalue weighted by Crippen LogP contribution is 2.35. The molecule has 0 aliphatic heterocycles. The number of hydrogen-bond acceptors (Lipinski definition) is 3. The molecule has 173 valence electrons. The molecule has 0 unspecified atom stereocenters. The number of aliphatic hydroxyl groups is 1. The second-order valence-corrected chi connectivity index (χ2v) is 10.2. The summed E-state index contributed by atoms with van der Waals surface area (Å²) in [6.07, 6.45) is 0. The Labute approximate surface area is 205 Å². The summed E-state index contributed by atoms with van der Waals surface area (Å²) in [7, 11) is 1.73. The Morgan fingerprint density at radius 3 is 2.06 bits per heavy atom. The molecule has 0 atom stereocenters. The fourth-order valence-electron chi connectivity index (χ4n) is 4.63. The molecule has 0 fully saturated rings. The minimum atomic E-state index is -0.993. The Hall–Kier alpha value is -3.54. The lowest BCUT2D eigenvalue weighted by Gasteiger charge is -2.37. The number of benzene rings is 4. The van der Waals surface area contributed by atoms with Gasteiger partial charge in [-0.15, -0.1) is 0 Å². The number of aromatic nitrogens is 1. The maximum atomic E-state index is 10.5. The van der Waals surface area contributed by atoms with Crippen LogP contribution >= 0.6 is 0 Å². The first-order chi connectivity index (χ1) is 16.7. The third-order valence-electron chi connectivity index (χ3n) is 7.31. The van der Waals surface area contributed by atoms with Crippen molar-refractivity contribution >= 4 is 56.7 Å². The Balaban J connectivity index is 1.49. The first kappa shape index (κ1) is 22.0. The van der Waals surface area contributed by atoms with Crippen molar-refractivity contribution in [3.05, 3.63) is 84.9 Å². The molecule has 0 aliphatic carbocycles. The van der Waals surface area contributed by atoms with E-state index < -0.39 is 11.2 Å². The van der Waals surface area contributed by atoms with Crippen LogP contribution in [0.15, 0.2) is 89.3 Å². The third kappa shape index (κ3) is 3.46. The summed E-state index contributed by atoms with van der Waals surface area (Å²) >= 11 is 0. The van der Waals surface area contributed by atoms with Gasteiger partial charge in [0.05, 0.1) is 22.2 Å². The molecule has 1 N–H and O–H groups in total. The van der Waals surface area contributed by atoms with Gasteiger partial charge in [0.15, 0.2) is 0 Å². The van der Waals surface area contributed by atoms with Crippen molar-refractivity contribution in [2.75, 3.05) is 0 Å². The molecule has 4 aromatic carbocycles. The van der Waals surface area contributed by atoms with Crippen molar-refractivity contribution in [2.45, 2.75) is 38.9 Å². The molecule has 0 saturated carbocycles. The van der Waals surface area contributed by atoms with Gasteiger partial charge >= 0.3 is 7.48 Å². The zero-order chi connectivity index (χ0) is 24.4. The molecule has 0 saturated heterocycles. The normalized spacial score (nSPS) is 12.8. The van der Waals surface area contributed by atoms with Crippen molar-refractivity contribution in [1.82, 2.24) is 4.57 Å². The second kappa shape index (κ2) is 7.74. The van der Waals surface area contributed by atoms with Crippen LogP contribution in [0, 0.1) is 0 Å². The van der Waals surface area contributed by atoms with Crippen LogP contribution in [0.3, 0.4) is 0 Å². The summed E-state index contributed by atoms with van der Waals surface area (Å²) in [5.74, 6) is 0. The van der Waals surface area contributed by atoms with Gasteiger partial charge in [-0.1, -0.05) is 48.5 Å². The zero-order valence-electron chi connectivity index (χ0n) is 20.4. The maximum Gasteiger partial charge on any atom is 0.331 e. The summed E-state index contributed by atoms with van der Waals surface area (Å²) in [4.78, 5) is 0. The molecule has 6 rings (SSSR count). The molecule has 0 aliphatic rings. The van der Waals surface area contributed by atoms with Gasteiger partial charge in [-0.25, -0.2) is 0 Å². The maximum absolute atomic E-state index is 10.5. The number of rotatable bonds is 5. The SMILES string of the molecule is CC(C)(O)C(C)(C)O[B]c1cccc2oc3cc(-n4c5ccccc5c5ccccc54)ccc3c12. The predicted octanol–water partition coefficient (Wildman–Crippen LogP) is 6.49. The van der Waals surface area contributed by atoms with E-state index in [0.717, 1.165) is 33.1 Å². The quantitative estimate of drug-likeness (QED) is 0.299. The monoisotopic (exact) mass is 460 g/mol. The van der Waals surface area contributed by atoms with Crippen LogP contribution in [0.2, 0.25) is 0 Å². The molecule has 6 aromatic rings. The zero-order valence-corrected chi connectivity index (χ0v) is 20.4. The van der Waals surface area contributed by atoms with E-state index in [1.165, 1.54) is 21.8 Å². The van der Waals surface area contributed by atoms with E-state index in [-0.39, 0.29) is 0 Å². The lowest BCUT2D eigenvalue weighted by Crippen LogP contribution is -2.49. The van der Waals surface area contributed by atoms with E-state index in [1.807, 2.05) is 32.0 Å². The first-order valence-electron chi connectivity index (χ1n) is 11.9. The van der Waals surface area contributed by atoms with Gasteiger partial charge in [-0.05, 0) is 63.5 Å². The van der Waals surface area contributed by atoms with E-state index in [4.69, 9.17) is 9.07 Å². The van der Waals surface area contributed by atoms with Gasteiger partial charge in [-0.3, -0.25) is 0 Å². The summed E-state index contributed by atoms with van der Waals surface area (Å²) in [6.45, 7) is 7.28. The van der Waals surface area contributed by atoms with Crippen LogP contribution in [0.25, 0.3) is 49.4 Å². The minimum Gasteiger partial charge on any atom is -0.456 e. The minimum absolute atomic E-state index is 0.752. The number of fused-ring (bicyclic) bond motifs is 6. The molecule has 0 spiro atoms.